The van der Waals surface area contributed by atoms with E-state index < -0.39 is 0 Å². The number of benzene rings is 1. The van der Waals surface area contributed by atoms with Crippen molar-refractivity contribution in [2.75, 3.05) is 0 Å². The van der Waals surface area contributed by atoms with E-state index >= 15 is 0 Å². The molecule has 0 aromatic heterocycles. The van der Waals surface area contributed by atoms with Crippen LogP contribution in [-0.2, 0) is 22.4 Å². The van der Waals surface area contributed by atoms with Crippen LogP contribution in [0.5, 0.6) is 0 Å². The SMILES string of the molecule is O=CCCCc1cccc(CCCC=O)c1. The summed E-state index contributed by atoms with van der Waals surface area (Å²) < 4.78 is 0. The average Bonchev–Trinajstić information content (AvgIpc) is 2.30. The highest BCUT2D eigenvalue weighted by atomic mass is 16.1. The summed E-state index contributed by atoms with van der Waals surface area (Å²) in [7, 11) is 0. The lowest BCUT2D eigenvalue weighted by Gasteiger charge is -2.03. The van der Waals surface area contributed by atoms with Crippen LogP contribution < -0.4 is 0 Å². The van der Waals surface area contributed by atoms with E-state index in [1.807, 2.05) is 6.07 Å². The number of unbranched alkanes of at least 4 members (excludes halogenated alkanes) is 2. The highest BCUT2D eigenvalue weighted by Crippen LogP contribution is 2.10. The largest absolute Gasteiger partial charge is 0.303 e. The van der Waals surface area contributed by atoms with Crippen LogP contribution in [-0.4, -0.2) is 12.6 Å². The molecule has 1 rings (SSSR count). The highest BCUT2D eigenvalue weighted by molar-refractivity contribution is 5.49. The molecule has 0 heterocycles. The number of hydrogen-bond donors (Lipinski definition) is 0. The minimum Gasteiger partial charge on any atom is -0.303 e. The summed E-state index contributed by atoms with van der Waals surface area (Å²) in [6.07, 6.45) is 6.95. The summed E-state index contributed by atoms with van der Waals surface area (Å²) in [6.45, 7) is 0. The van der Waals surface area contributed by atoms with E-state index in [9.17, 15) is 9.59 Å². The van der Waals surface area contributed by atoms with Crippen molar-refractivity contribution in [2.45, 2.75) is 38.5 Å². The van der Waals surface area contributed by atoms with Crippen LogP contribution in [0.3, 0.4) is 0 Å². The van der Waals surface area contributed by atoms with E-state index in [2.05, 4.69) is 18.2 Å². The molecule has 2 nitrogen and oxygen atoms in total. The molecule has 0 amide bonds. The van der Waals surface area contributed by atoms with Crippen molar-refractivity contribution in [1.29, 1.82) is 0 Å². The van der Waals surface area contributed by atoms with Gasteiger partial charge in [0.15, 0.2) is 0 Å². The molecule has 0 unspecified atom stereocenters. The molecule has 0 spiro atoms. The smallest absolute Gasteiger partial charge is 0.120 e. The van der Waals surface area contributed by atoms with Gasteiger partial charge in [0.1, 0.15) is 12.6 Å². The Balaban J connectivity index is 2.43. The quantitative estimate of drug-likeness (QED) is 0.496. The summed E-state index contributed by atoms with van der Waals surface area (Å²) in [5.74, 6) is 0. The fraction of sp³-hybridized carbons (Fsp3) is 0.429. The van der Waals surface area contributed by atoms with Gasteiger partial charge in [-0.1, -0.05) is 24.3 Å². The number of aldehydes is 2. The van der Waals surface area contributed by atoms with Gasteiger partial charge in [-0.25, -0.2) is 0 Å². The lowest BCUT2D eigenvalue weighted by atomic mass is 10.0. The molecule has 0 aliphatic heterocycles. The molecule has 1 aromatic carbocycles. The lowest BCUT2D eigenvalue weighted by Crippen LogP contribution is -1.91. The minimum atomic E-state index is 0.634. The van der Waals surface area contributed by atoms with Crippen LogP contribution in [0.1, 0.15) is 36.8 Å². The van der Waals surface area contributed by atoms with Crippen LogP contribution in [0, 0.1) is 0 Å². The Hall–Kier alpha value is -1.44. The predicted molar refractivity (Wildman–Crippen MR) is 64.4 cm³/mol. The molecular weight excluding hydrogens is 200 g/mol. The first-order valence-corrected chi connectivity index (χ1v) is 5.82. The second-order valence-electron chi connectivity index (χ2n) is 3.94. The molecular formula is C14H18O2. The summed E-state index contributed by atoms with van der Waals surface area (Å²) in [5.41, 5.74) is 2.57. The van der Waals surface area contributed by atoms with Gasteiger partial charge < -0.3 is 9.59 Å². The average molecular weight is 218 g/mol. The Morgan fingerprint density at radius 2 is 1.38 bits per heavy atom. The third-order valence-electron chi connectivity index (χ3n) is 2.57. The van der Waals surface area contributed by atoms with Gasteiger partial charge in [0.2, 0.25) is 0 Å². The topological polar surface area (TPSA) is 34.1 Å². The highest BCUT2D eigenvalue weighted by Gasteiger charge is 1.97. The van der Waals surface area contributed by atoms with Gasteiger partial charge in [0.25, 0.3) is 0 Å². The molecule has 0 aliphatic rings. The minimum absolute atomic E-state index is 0.634. The lowest BCUT2D eigenvalue weighted by molar-refractivity contribution is -0.108. The van der Waals surface area contributed by atoms with Crippen LogP contribution in [0.4, 0.5) is 0 Å². The molecule has 0 bridgehead atoms. The van der Waals surface area contributed by atoms with Crippen molar-refractivity contribution in [3.63, 3.8) is 0 Å². The molecule has 0 fully saturated rings. The van der Waals surface area contributed by atoms with Gasteiger partial charge in [-0.2, -0.15) is 0 Å². The van der Waals surface area contributed by atoms with E-state index in [1.165, 1.54) is 11.1 Å². The number of carbonyl (C=O) groups excluding carboxylic acids is 2. The van der Waals surface area contributed by atoms with Crippen LogP contribution in [0.2, 0.25) is 0 Å². The van der Waals surface area contributed by atoms with Gasteiger partial charge in [0.05, 0.1) is 0 Å². The number of hydrogen-bond acceptors (Lipinski definition) is 2. The summed E-state index contributed by atoms with van der Waals surface area (Å²) in [6, 6.07) is 8.41. The van der Waals surface area contributed by atoms with Crippen molar-refractivity contribution in [3.8, 4) is 0 Å². The normalized spacial score (nSPS) is 10.0. The van der Waals surface area contributed by atoms with E-state index in [-0.39, 0.29) is 0 Å². The predicted octanol–water partition coefficient (Wildman–Crippen LogP) is 2.73. The molecule has 0 aliphatic carbocycles. The van der Waals surface area contributed by atoms with Gasteiger partial charge >= 0.3 is 0 Å². The zero-order valence-electron chi connectivity index (χ0n) is 9.52. The third kappa shape index (κ3) is 4.87. The van der Waals surface area contributed by atoms with Crippen LogP contribution in [0.25, 0.3) is 0 Å². The Bertz CT molecular complexity index is 302. The van der Waals surface area contributed by atoms with Crippen LogP contribution >= 0.6 is 0 Å². The first kappa shape index (κ1) is 12.6. The number of aryl methyl sites for hydroxylation is 2. The number of rotatable bonds is 8. The van der Waals surface area contributed by atoms with E-state index in [1.54, 1.807) is 0 Å². The zero-order valence-corrected chi connectivity index (χ0v) is 9.52. The van der Waals surface area contributed by atoms with Crippen molar-refractivity contribution < 1.29 is 9.59 Å². The Morgan fingerprint density at radius 3 is 1.81 bits per heavy atom. The van der Waals surface area contributed by atoms with Crippen molar-refractivity contribution >= 4 is 12.6 Å². The second-order valence-corrected chi connectivity index (χ2v) is 3.94. The molecule has 2 heteroatoms. The third-order valence-corrected chi connectivity index (χ3v) is 2.57. The van der Waals surface area contributed by atoms with Gasteiger partial charge in [-0.05, 0) is 36.8 Å². The fourth-order valence-electron chi connectivity index (χ4n) is 1.72. The fourth-order valence-corrected chi connectivity index (χ4v) is 1.72. The van der Waals surface area contributed by atoms with Gasteiger partial charge in [0, 0.05) is 12.8 Å². The molecule has 16 heavy (non-hydrogen) atoms. The maximum Gasteiger partial charge on any atom is 0.120 e. The van der Waals surface area contributed by atoms with Crippen molar-refractivity contribution in [3.05, 3.63) is 35.4 Å². The first-order chi connectivity index (χ1) is 7.86. The van der Waals surface area contributed by atoms with Gasteiger partial charge in [-0.3, -0.25) is 0 Å². The molecule has 0 saturated carbocycles. The maximum absolute atomic E-state index is 10.2. The zero-order chi connectivity index (χ0) is 11.6. The van der Waals surface area contributed by atoms with Crippen molar-refractivity contribution in [2.24, 2.45) is 0 Å². The molecule has 0 radical (unpaired) electrons. The monoisotopic (exact) mass is 218 g/mol. The maximum atomic E-state index is 10.2. The number of carbonyl (C=O) groups is 2. The van der Waals surface area contributed by atoms with E-state index in [0.29, 0.717) is 12.8 Å². The van der Waals surface area contributed by atoms with E-state index in [4.69, 9.17) is 0 Å². The Kier molecular flexibility index (Phi) is 6.16. The second kappa shape index (κ2) is 7.80. The summed E-state index contributed by atoms with van der Waals surface area (Å²) in [4.78, 5) is 20.4. The summed E-state index contributed by atoms with van der Waals surface area (Å²) in [5, 5.41) is 0. The standard InChI is InChI=1S/C14H18O2/c15-10-3-1-6-13-8-5-9-14(12-13)7-2-4-11-16/h5,8-12H,1-4,6-7H2. The molecule has 0 N–H and O–H groups in total. The molecule has 1 aromatic rings. The molecule has 0 atom stereocenters. The Morgan fingerprint density at radius 1 is 0.875 bits per heavy atom. The molecule has 86 valence electrons. The van der Waals surface area contributed by atoms with Crippen LogP contribution in [0.15, 0.2) is 24.3 Å². The van der Waals surface area contributed by atoms with Gasteiger partial charge in [-0.15, -0.1) is 0 Å². The first-order valence-electron chi connectivity index (χ1n) is 5.82. The summed E-state index contributed by atoms with van der Waals surface area (Å²) >= 11 is 0. The molecule has 0 saturated heterocycles. The van der Waals surface area contributed by atoms with Crippen molar-refractivity contribution in [1.82, 2.24) is 0 Å². The van der Waals surface area contributed by atoms with E-state index in [0.717, 1.165) is 38.3 Å². The Labute approximate surface area is 96.7 Å².